The molecule has 0 spiro atoms. The van der Waals surface area contributed by atoms with Crippen LogP contribution in [0.25, 0.3) is 0 Å². The number of halogens is 1. The molecule has 0 aliphatic heterocycles. The van der Waals surface area contributed by atoms with Crippen molar-refractivity contribution < 1.29 is 22.9 Å². The van der Waals surface area contributed by atoms with Crippen molar-refractivity contribution in [1.29, 1.82) is 0 Å². The van der Waals surface area contributed by atoms with E-state index >= 15 is 0 Å². The number of carbonyl (C=O) groups is 1. The average molecular weight is 510 g/mol. The van der Waals surface area contributed by atoms with E-state index in [1.165, 1.54) is 38.3 Å². The Morgan fingerprint density at radius 3 is 2.47 bits per heavy atom. The average Bonchev–Trinajstić information content (AvgIpc) is 2.82. The summed E-state index contributed by atoms with van der Waals surface area (Å²) >= 11 is 6.16. The molecular formula is C23H28ClN3O6S. The molecule has 0 unspecified atom stereocenters. The topological polar surface area (TPSA) is 110 Å². The van der Waals surface area contributed by atoms with Gasteiger partial charge in [-0.05, 0) is 44.0 Å². The lowest BCUT2D eigenvalue weighted by Gasteiger charge is -2.33. The van der Waals surface area contributed by atoms with Gasteiger partial charge in [0.2, 0.25) is 5.91 Å². The first-order chi connectivity index (χ1) is 16.1. The normalized spacial score (nSPS) is 14.5. The second-order valence-electron chi connectivity index (χ2n) is 8.33. The summed E-state index contributed by atoms with van der Waals surface area (Å²) in [6.45, 7) is 1.02. The molecule has 0 N–H and O–H groups in total. The Morgan fingerprint density at radius 2 is 1.85 bits per heavy atom. The van der Waals surface area contributed by atoms with Crippen LogP contribution in [0.1, 0.15) is 37.7 Å². The van der Waals surface area contributed by atoms with Crippen molar-refractivity contribution in [2.45, 2.75) is 50.0 Å². The van der Waals surface area contributed by atoms with Gasteiger partial charge >= 0.3 is 0 Å². The Morgan fingerprint density at radius 1 is 1.18 bits per heavy atom. The van der Waals surface area contributed by atoms with E-state index in [-0.39, 0.29) is 39.0 Å². The smallest absolute Gasteiger partial charge is 0.273 e. The number of hydrogen-bond donors (Lipinski definition) is 0. The van der Waals surface area contributed by atoms with Gasteiger partial charge in [-0.3, -0.25) is 19.2 Å². The Bertz CT molecular complexity index is 1180. The number of anilines is 1. The van der Waals surface area contributed by atoms with Crippen molar-refractivity contribution in [2.75, 3.05) is 25.0 Å². The van der Waals surface area contributed by atoms with Crippen LogP contribution in [0.3, 0.4) is 0 Å². The van der Waals surface area contributed by atoms with E-state index < -0.39 is 21.5 Å². The third kappa shape index (κ3) is 5.44. The predicted molar refractivity (Wildman–Crippen MR) is 130 cm³/mol. The summed E-state index contributed by atoms with van der Waals surface area (Å²) in [5.74, 6) is -0.193. The molecule has 0 heterocycles. The summed E-state index contributed by atoms with van der Waals surface area (Å²) in [7, 11) is -1.34. The van der Waals surface area contributed by atoms with Crippen molar-refractivity contribution in [3.05, 3.63) is 57.1 Å². The first-order valence-corrected chi connectivity index (χ1v) is 12.7. The van der Waals surface area contributed by atoms with Crippen LogP contribution in [0.15, 0.2) is 41.3 Å². The van der Waals surface area contributed by atoms with Crippen molar-refractivity contribution in [3.8, 4) is 5.75 Å². The van der Waals surface area contributed by atoms with Gasteiger partial charge in [-0.1, -0.05) is 36.9 Å². The number of methoxy groups -OCH3 is 1. The third-order valence-electron chi connectivity index (χ3n) is 6.17. The summed E-state index contributed by atoms with van der Waals surface area (Å²) in [5.41, 5.74) is 0.0669. The molecule has 11 heteroatoms. The maximum atomic E-state index is 13.8. The van der Waals surface area contributed by atoms with Gasteiger partial charge in [0, 0.05) is 29.7 Å². The molecular weight excluding hydrogens is 482 g/mol. The highest BCUT2D eigenvalue weighted by Gasteiger charge is 2.33. The number of nitro groups is 1. The number of ether oxygens (including phenoxy) is 1. The molecule has 184 valence electrons. The zero-order chi connectivity index (χ0) is 25.0. The van der Waals surface area contributed by atoms with Gasteiger partial charge in [0.25, 0.3) is 15.7 Å². The second-order valence-corrected chi connectivity index (χ2v) is 10.6. The number of sulfonamides is 1. The first-order valence-electron chi connectivity index (χ1n) is 10.9. The standard InChI is InChI=1S/C23H28ClN3O6S/c1-16-9-11-19(14-20(16)27(29)30)34(31,32)26(21-13-17(24)10-12-22(21)33-3)15-23(28)25(2)18-7-5-4-6-8-18/h9-14,18H,4-8,15H2,1-3H3. The van der Waals surface area contributed by atoms with Gasteiger partial charge in [-0.2, -0.15) is 0 Å². The van der Waals surface area contributed by atoms with Crippen molar-refractivity contribution in [2.24, 2.45) is 0 Å². The van der Waals surface area contributed by atoms with Crippen LogP contribution < -0.4 is 9.04 Å². The molecule has 1 amide bonds. The fourth-order valence-corrected chi connectivity index (χ4v) is 5.74. The maximum Gasteiger partial charge on any atom is 0.273 e. The molecule has 1 saturated carbocycles. The number of rotatable bonds is 8. The molecule has 9 nitrogen and oxygen atoms in total. The minimum absolute atomic E-state index is 0.0347. The van der Waals surface area contributed by atoms with Gasteiger partial charge in [0.1, 0.15) is 12.3 Å². The van der Waals surface area contributed by atoms with E-state index in [9.17, 15) is 23.3 Å². The fourth-order valence-electron chi connectivity index (χ4n) is 4.14. The number of carbonyl (C=O) groups excluding carboxylic acids is 1. The number of nitro benzene ring substituents is 1. The molecule has 34 heavy (non-hydrogen) atoms. The number of aryl methyl sites for hydroxylation is 1. The molecule has 0 radical (unpaired) electrons. The van der Waals surface area contributed by atoms with Gasteiger partial charge in [-0.25, -0.2) is 8.42 Å². The van der Waals surface area contributed by atoms with E-state index in [0.29, 0.717) is 5.56 Å². The molecule has 0 bridgehead atoms. The van der Waals surface area contributed by atoms with Crippen LogP contribution >= 0.6 is 11.6 Å². The number of benzene rings is 2. The Balaban J connectivity index is 2.08. The highest BCUT2D eigenvalue weighted by atomic mass is 35.5. The van der Waals surface area contributed by atoms with Crippen molar-refractivity contribution in [1.82, 2.24) is 4.90 Å². The van der Waals surface area contributed by atoms with Gasteiger partial charge in [0.05, 0.1) is 22.6 Å². The van der Waals surface area contributed by atoms with Crippen molar-refractivity contribution >= 4 is 38.9 Å². The van der Waals surface area contributed by atoms with E-state index in [2.05, 4.69) is 0 Å². The molecule has 1 aliphatic rings. The Kier molecular flexibility index (Phi) is 8.04. The number of hydrogen-bond acceptors (Lipinski definition) is 6. The largest absolute Gasteiger partial charge is 0.495 e. The van der Waals surface area contributed by atoms with E-state index in [0.717, 1.165) is 42.5 Å². The number of amides is 1. The molecule has 0 saturated heterocycles. The lowest BCUT2D eigenvalue weighted by Crippen LogP contribution is -2.46. The van der Waals surface area contributed by atoms with E-state index in [1.54, 1.807) is 18.0 Å². The predicted octanol–water partition coefficient (Wildman–Crippen LogP) is 4.55. The summed E-state index contributed by atoms with van der Waals surface area (Å²) in [5, 5.41) is 11.7. The highest BCUT2D eigenvalue weighted by Crippen LogP contribution is 2.36. The molecule has 0 aromatic heterocycles. The quantitative estimate of drug-likeness (QED) is 0.381. The van der Waals surface area contributed by atoms with Crippen LogP contribution in [0.2, 0.25) is 5.02 Å². The molecule has 1 fully saturated rings. The second kappa shape index (κ2) is 10.6. The Labute approximate surface area is 204 Å². The van der Waals surface area contributed by atoms with Crippen molar-refractivity contribution in [3.63, 3.8) is 0 Å². The minimum atomic E-state index is -4.39. The zero-order valence-corrected chi connectivity index (χ0v) is 20.9. The molecule has 2 aromatic carbocycles. The van der Waals surface area contributed by atoms with Gasteiger partial charge < -0.3 is 9.64 Å². The summed E-state index contributed by atoms with van der Waals surface area (Å²) in [6, 6.07) is 8.14. The van der Waals surface area contributed by atoms with Crippen LogP contribution in [0.5, 0.6) is 5.75 Å². The Hall–Kier alpha value is -2.85. The number of likely N-dealkylation sites (N-methyl/N-ethyl adjacent to an activating group) is 1. The van der Waals surface area contributed by atoms with Crippen LogP contribution in [0, 0.1) is 17.0 Å². The summed E-state index contributed by atoms with van der Waals surface area (Å²) in [4.78, 5) is 25.3. The summed E-state index contributed by atoms with van der Waals surface area (Å²) in [6.07, 6.45) is 4.86. The van der Waals surface area contributed by atoms with E-state index in [4.69, 9.17) is 16.3 Å². The third-order valence-corrected chi connectivity index (χ3v) is 8.16. The fraction of sp³-hybridized carbons (Fsp3) is 0.435. The van der Waals surface area contributed by atoms with E-state index in [1.807, 2.05) is 0 Å². The molecule has 2 aromatic rings. The monoisotopic (exact) mass is 509 g/mol. The lowest BCUT2D eigenvalue weighted by molar-refractivity contribution is -0.385. The summed E-state index contributed by atoms with van der Waals surface area (Å²) < 4.78 is 33.8. The lowest BCUT2D eigenvalue weighted by atomic mass is 9.94. The van der Waals surface area contributed by atoms with Crippen LogP contribution in [-0.4, -0.2) is 50.9 Å². The van der Waals surface area contributed by atoms with Gasteiger partial charge in [0.15, 0.2) is 0 Å². The molecule has 1 aliphatic carbocycles. The SMILES string of the molecule is COc1ccc(Cl)cc1N(CC(=O)N(C)C1CCCCC1)S(=O)(=O)c1ccc(C)c([N+](=O)[O-])c1. The first kappa shape index (κ1) is 25.8. The van der Waals surface area contributed by atoms with Crippen LogP contribution in [0.4, 0.5) is 11.4 Å². The number of nitrogens with zero attached hydrogens (tertiary/aromatic N) is 3. The molecule has 3 rings (SSSR count). The van der Waals surface area contributed by atoms with Gasteiger partial charge in [-0.15, -0.1) is 0 Å². The minimum Gasteiger partial charge on any atom is -0.495 e. The highest BCUT2D eigenvalue weighted by molar-refractivity contribution is 7.92. The molecule has 0 atom stereocenters. The zero-order valence-electron chi connectivity index (χ0n) is 19.4. The maximum absolute atomic E-state index is 13.8. The van der Waals surface area contributed by atoms with Crippen LogP contribution in [-0.2, 0) is 14.8 Å².